The first-order valence-corrected chi connectivity index (χ1v) is 6.15. The third kappa shape index (κ3) is 2.44. The molecule has 5 heteroatoms. The molecule has 0 unspecified atom stereocenters. The molecule has 0 amide bonds. The fourth-order valence-corrected chi connectivity index (χ4v) is 2.22. The Bertz CT molecular complexity index is 350. The lowest BCUT2D eigenvalue weighted by atomic mass is 10.1. The monoisotopic (exact) mass is 240 g/mol. The minimum absolute atomic E-state index is 0.602. The second-order valence-electron chi connectivity index (χ2n) is 3.95. The Morgan fingerprint density at radius 3 is 2.81 bits per heavy atom. The van der Waals surface area contributed by atoms with Crippen LogP contribution in [0.3, 0.4) is 0 Å². The van der Waals surface area contributed by atoms with Crippen LogP contribution in [0, 0.1) is 0 Å². The van der Waals surface area contributed by atoms with E-state index in [0.29, 0.717) is 5.15 Å². The van der Waals surface area contributed by atoms with E-state index in [0.717, 1.165) is 50.4 Å². The summed E-state index contributed by atoms with van der Waals surface area (Å²) >= 11 is 6.13. The second kappa shape index (κ2) is 5.46. The van der Waals surface area contributed by atoms with Crippen LogP contribution in [0.15, 0.2) is 6.33 Å². The highest BCUT2D eigenvalue weighted by Crippen LogP contribution is 2.24. The van der Waals surface area contributed by atoms with E-state index in [1.807, 2.05) is 0 Å². The van der Waals surface area contributed by atoms with Crippen LogP contribution < -0.4 is 10.2 Å². The van der Waals surface area contributed by atoms with Gasteiger partial charge in [-0.25, -0.2) is 9.97 Å². The van der Waals surface area contributed by atoms with Crippen molar-refractivity contribution in [3.8, 4) is 0 Å². The number of hydrogen-bond acceptors (Lipinski definition) is 4. The molecule has 1 aromatic heterocycles. The van der Waals surface area contributed by atoms with Gasteiger partial charge in [0.1, 0.15) is 17.3 Å². The molecular formula is C11H17ClN4. The van der Waals surface area contributed by atoms with E-state index in [9.17, 15) is 0 Å². The van der Waals surface area contributed by atoms with E-state index in [1.54, 1.807) is 6.33 Å². The average Bonchev–Trinajstić information content (AvgIpc) is 2.33. The zero-order valence-corrected chi connectivity index (χ0v) is 10.3. The van der Waals surface area contributed by atoms with Gasteiger partial charge in [0.05, 0.1) is 0 Å². The van der Waals surface area contributed by atoms with E-state index < -0.39 is 0 Å². The van der Waals surface area contributed by atoms with Crippen molar-refractivity contribution in [3.05, 3.63) is 17.0 Å². The number of rotatable bonds is 3. The maximum atomic E-state index is 6.13. The van der Waals surface area contributed by atoms with Crippen molar-refractivity contribution in [3.63, 3.8) is 0 Å². The normalized spacial score (nSPS) is 16.5. The molecule has 0 aliphatic carbocycles. The van der Waals surface area contributed by atoms with Gasteiger partial charge in [0.25, 0.3) is 0 Å². The topological polar surface area (TPSA) is 41.1 Å². The Balaban J connectivity index is 2.27. The van der Waals surface area contributed by atoms with Crippen molar-refractivity contribution in [2.75, 3.05) is 31.1 Å². The van der Waals surface area contributed by atoms with E-state index in [4.69, 9.17) is 11.6 Å². The van der Waals surface area contributed by atoms with Crippen LogP contribution in [0.2, 0.25) is 5.15 Å². The molecule has 16 heavy (non-hydrogen) atoms. The quantitative estimate of drug-likeness (QED) is 0.813. The van der Waals surface area contributed by atoms with Crippen LogP contribution >= 0.6 is 11.6 Å². The smallest absolute Gasteiger partial charge is 0.137 e. The van der Waals surface area contributed by atoms with Gasteiger partial charge in [-0.05, 0) is 6.42 Å². The molecule has 4 nitrogen and oxygen atoms in total. The third-order valence-corrected chi connectivity index (χ3v) is 3.11. The highest BCUT2D eigenvalue weighted by molar-refractivity contribution is 6.30. The van der Waals surface area contributed by atoms with Gasteiger partial charge in [-0.15, -0.1) is 0 Å². The van der Waals surface area contributed by atoms with Crippen LogP contribution in [0.4, 0.5) is 5.82 Å². The van der Waals surface area contributed by atoms with Gasteiger partial charge in [-0.1, -0.05) is 24.9 Å². The zero-order valence-electron chi connectivity index (χ0n) is 9.54. The molecule has 0 aromatic carbocycles. The second-order valence-corrected chi connectivity index (χ2v) is 4.31. The highest BCUT2D eigenvalue weighted by atomic mass is 35.5. The summed E-state index contributed by atoms with van der Waals surface area (Å²) < 4.78 is 0. The molecule has 0 saturated carbocycles. The molecule has 1 N–H and O–H groups in total. The summed E-state index contributed by atoms with van der Waals surface area (Å²) in [5, 5.41) is 3.93. The summed E-state index contributed by atoms with van der Waals surface area (Å²) in [6.45, 7) is 6.14. The van der Waals surface area contributed by atoms with Gasteiger partial charge in [0, 0.05) is 31.7 Å². The van der Waals surface area contributed by atoms with Gasteiger partial charge >= 0.3 is 0 Å². The van der Waals surface area contributed by atoms with Crippen LogP contribution in [0.25, 0.3) is 0 Å². The van der Waals surface area contributed by atoms with Crippen molar-refractivity contribution >= 4 is 17.4 Å². The molecule has 0 spiro atoms. The van der Waals surface area contributed by atoms with E-state index in [2.05, 4.69) is 27.1 Å². The molecule has 2 heterocycles. The van der Waals surface area contributed by atoms with Crippen LogP contribution in [-0.4, -0.2) is 36.1 Å². The van der Waals surface area contributed by atoms with Gasteiger partial charge in [0.2, 0.25) is 0 Å². The number of hydrogen-bond donors (Lipinski definition) is 1. The highest BCUT2D eigenvalue weighted by Gasteiger charge is 2.17. The fourth-order valence-electron chi connectivity index (χ4n) is 2.00. The zero-order chi connectivity index (χ0) is 11.4. The van der Waals surface area contributed by atoms with Crippen molar-refractivity contribution < 1.29 is 0 Å². The molecule has 88 valence electrons. The van der Waals surface area contributed by atoms with Crippen LogP contribution in [0.5, 0.6) is 0 Å². The van der Waals surface area contributed by atoms with Crippen molar-refractivity contribution in [1.82, 2.24) is 15.3 Å². The van der Waals surface area contributed by atoms with E-state index in [1.165, 1.54) is 0 Å². The first kappa shape index (κ1) is 11.6. The summed E-state index contributed by atoms with van der Waals surface area (Å²) in [7, 11) is 0. The van der Waals surface area contributed by atoms with Gasteiger partial charge in [-0.3, -0.25) is 0 Å². The molecule has 2 rings (SSSR count). The Morgan fingerprint density at radius 1 is 1.38 bits per heavy atom. The maximum Gasteiger partial charge on any atom is 0.137 e. The SMILES string of the molecule is CCCc1c(Cl)ncnc1N1CCNCC1. The molecule has 1 aliphatic rings. The maximum absolute atomic E-state index is 6.13. The number of halogens is 1. The molecule has 1 fully saturated rings. The first-order valence-electron chi connectivity index (χ1n) is 5.78. The summed E-state index contributed by atoms with van der Waals surface area (Å²) in [6.07, 6.45) is 3.56. The predicted octanol–water partition coefficient (Wildman–Crippen LogP) is 1.49. The minimum Gasteiger partial charge on any atom is -0.354 e. The Morgan fingerprint density at radius 2 is 2.12 bits per heavy atom. The summed E-state index contributed by atoms with van der Waals surface area (Å²) in [6, 6.07) is 0. The summed E-state index contributed by atoms with van der Waals surface area (Å²) in [5.41, 5.74) is 1.09. The molecule has 0 bridgehead atoms. The van der Waals surface area contributed by atoms with Gasteiger partial charge in [-0.2, -0.15) is 0 Å². The summed E-state index contributed by atoms with van der Waals surface area (Å²) in [5.74, 6) is 1.02. The molecule has 1 saturated heterocycles. The number of nitrogens with zero attached hydrogens (tertiary/aromatic N) is 3. The molecular weight excluding hydrogens is 224 g/mol. The average molecular weight is 241 g/mol. The first-order chi connectivity index (χ1) is 7.83. The van der Waals surface area contributed by atoms with Crippen molar-refractivity contribution in [2.45, 2.75) is 19.8 Å². The number of nitrogens with one attached hydrogen (secondary N) is 1. The number of anilines is 1. The lowest BCUT2D eigenvalue weighted by Crippen LogP contribution is -2.44. The van der Waals surface area contributed by atoms with Crippen LogP contribution in [-0.2, 0) is 6.42 Å². The Hall–Kier alpha value is -0.870. The fraction of sp³-hybridized carbons (Fsp3) is 0.636. The Labute approximate surface area is 101 Å². The number of piperazine rings is 1. The standard InChI is InChI=1S/C11H17ClN4/c1-2-3-9-10(12)14-8-15-11(9)16-6-4-13-5-7-16/h8,13H,2-7H2,1H3. The van der Waals surface area contributed by atoms with E-state index >= 15 is 0 Å². The molecule has 1 aliphatic heterocycles. The lowest BCUT2D eigenvalue weighted by Gasteiger charge is -2.30. The molecule has 0 atom stereocenters. The van der Waals surface area contributed by atoms with Crippen molar-refractivity contribution in [2.24, 2.45) is 0 Å². The molecule has 1 aromatic rings. The van der Waals surface area contributed by atoms with Crippen LogP contribution in [0.1, 0.15) is 18.9 Å². The van der Waals surface area contributed by atoms with Gasteiger partial charge < -0.3 is 10.2 Å². The number of aromatic nitrogens is 2. The van der Waals surface area contributed by atoms with Gasteiger partial charge in [0.15, 0.2) is 0 Å². The van der Waals surface area contributed by atoms with E-state index in [-0.39, 0.29) is 0 Å². The van der Waals surface area contributed by atoms with Crippen molar-refractivity contribution in [1.29, 1.82) is 0 Å². The summed E-state index contributed by atoms with van der Waals surface area (Å²) in [4.78, 5) is 10.7. The minimum atomic E-state index is 0.602. The largest absolute Gasteiger partial charge is 0.354 e. The third-order valence-electron chi connectivity index (χ3n) is 2.79. The predicted molar refractivity (Wildman–Crippen MR) is 66.1 cm³/mol. The molecule has 0 radical (unpaired) electrons. The lowest BCUT2D eigenvalue weighted by molar-refractivity contribution is 0.582. The Kier molecular flexibility index (Phi) is 3.96.